The van der Waals surface area contributed by atoms with E-state index in [1.165, 1.54) is 6.08 Å². The molecule has 1 heterocycles. The molecule has 1 aliphatic heterocycles. The monoisotopic (exact) mass is 343 g/mol. The van der Waals surface area contributed by atoms with E-state index in [4.69, 9.17) is 16.3 Å². The number of carbonyl (C=O) groups is 2. The van der Waals surface area contributed by atoms with Crippen LogP contribution in [0.1, 0.15) is 12.5 Å². The van der Waals surface area contributed by atoms with Crippen molar-refractivity contribution in [2.45, 2.75) is 13.0 Å². The van der Waals surface area contributed by atoms with Crippen LogP contribution in [0.5, 0.6) is 0 Å². The second-order valence-corrected chi connectivity index (χ2v) is 5.52. The zero-order valence-corrected chi connectivity index (χ0v) is 14.1. The number of amides is 2. The van der Waals surface area contributed by atoms with E-state index in [0.29, 0.717) is 5.02 Å². The minimum Gasteiger partial charge on any atom is -0.446 e. The number of hydrogen-bond donors (Lipinski definition) is 0. The van der Waals surface area contributed by atoms with Crippen molar-refractivity contribution in [2.75, 3.05) is 6.61 Å². The lowest BCUT2D eigenvalue weighted by molar-refractivity contribution is -0.123. The summed E-state index contributed by atoms with van der Waals surface area (Å²) in [6.45, 7) is 5.74. The summed E-state index contributed by atoms with van der Waals surface area (Å²) in [6.07, 6.45) is 9.43. The zero-order valence-electron chi connectivity index (χ0n) is 13.3. The van der Waals surface area contributed by atoms with Crippen molar-refractivity contribution in [3.8, 4) is 0 Å². The van der Waals surface area contributed by atoms with Crippen molar-refractivity contribution >= 4 is 29.7 Å². The highest BCUT2D eigenvalue weighted by Crippen LogP contribution is 2.21. The van der Waals surface area contributed by atoms with Gasteiger partial charge < -0.3 is 4.74 Å². The summed E-state index contributed by atoms with van der Waals surface area (Å²) in [7, 11) is 0. The molecular formula is C19H18ClNO3. The highest BCUT2D eigenvalue weighted by Gasteiger charge is 2.38. The molecule has 0 aromatic heterocycles. The van der Waals surface area contributed by atoms with Crippen LogP contribution in [-0.2, 0) is 9.53 Å². The molecule has 0 bridgehead atoms. The first-order chi connectivity index (χ1) is 11.6. The Kier molecular flexibility index (Phi) is 6.15. The number of imide groups is 1. The van der Waals surface area contributed by atoms with E-state index in [2.05, 4.69) is 6.58 Å². The quantitative estimate of drug-likeness (QED) is 0.588. The third kappa shape index (κ3) is 4.24. The molecule has 1 saturated heterocycles. The average Bonchev–Trinajstić information content (AvgIpc) is 2.96. The van der Waals surface area contributed by atoms with Crippen molar-refractivity contribution < 1.29 is 14.3 Å². The van der Waals surface area contributed by atoms with E-state index >= 15 is 0 Å². The molecule has 24 heavy (non-hydrogen) atoms. The van der Waals surface area contributed by atoms with Gasteiger partial charge in [-0.25, -0.2) is 9.69 Å². The number of carbonyl (C=O) groups excluding carboxylic acids is 2. The fraction of sp³-hybridized carbons (Fsp3) is 0.158. The summed E-state index contributed by atoms with van der Waals surface area (Å²) in [5, 5.41) is 0.617. The van der Waals surface area contributed by atoms with Crippen LogP contribution in [-0.4, -0.2) is 29.5 Å². The molecule has 0 unspecified atom stereocenters. The predicted octanol–water partition coefficient (Wildman–Crippen LogP) is 4.39. The SMILES string of the molecule is C=C/C(=C\C=C/C)[C@@H]1COC(=O)N1C(=O)/C=C/c1ccc(Cl)cc1. The van der Waals surface area contributed by atoms with Gasteiger partial charge in [-0.3, -0.25) is 4.79 Å². The number of ether oxygens (including phenoxy) is 1. The second kappa shape index (κ2) is 8.31. The van der Waals surface area contributed by atoms with Crippen molar-refractivity contribution in [1.29, 1.82) is 0 Å². The number of benzene rings is 1. The van der Waals surface area contributed by atoms with E-state index in [0.717, 1.165) is 16.0 Å². The summed E-state index contributed by atoms with van der Waals surface area (Å²) >= 11 is 5.83. The molecule has 1 aliphatic rings. The Morgan fingerprint density at radius 2 is 2.08 bits per heavy atom. The van der Waals surface area contributed by atoms with E-state index in [-0.39, 0.29) is 6.61 Å². The van der Waals surface area contributed by atoms with Crippen LogP contribution in [0, 0.1) is 0 Å². The maximum absolute atomic E-state index is 12.4. The maximum Gasteiger partial charge on any atom is 0.417 e. The topological polar surface area (TPSA) is 46.6 Å². The van der Waals surface area contributed by atoms with Gasteiger partial charge in [-0.05, 0) is 36.3 Å². The van der Waals surface area contributed by atoms with Gasteiger partial charge in [0.1, 0.15) is 12.6 Å². The van der Waals surface area contributed by atoms with Gasteiger partial charge >= 0.3 is 6.09 Å². The lowest BCUT2D eigenvalue weighted by Crippen LogP contribution is -2.38. The molecular weight excluding hydrogens is 326 g/mol. The Hall–Kier alpha value is -2.59. The molecule has 1 aromatic rings. The summed E-state index contributed by atoms with van der Waals surface area (Å²) in [6, 6.07) is 6.55. The van der Waals surface area contributed by atoms with Crippen LogP contribution in [0.3, 0.4) is 0 Å². The Balaban J connectivity index is 2.20. The van der Waals surface area contributed by atoms with Crippen LogP contribution >= 0.6 is 11.6 Å². The first kappa shape index (κ1) is 17.8. The van der Waals surface area contributed by atoms with Gasteiger partial charge in [0, 0.05) is 11.1 Å². The normalized spacial score (nSPS) is 18.4. The first-order valence-corrected chi connectivity index (χ1v) is 7.83. The van der Waals surface area contributed by atoms with Gasteiger partial charge in [-0.1, -0.05) is 54.6 Å². The summed E-state index contributed by atoms with van der Waals surface area (Å²) < 4.78 is 5.03. The fourth-order valence-corrected chi connectivity index (χ4v) is 2.38. The lowest BCUT2D eigenvalue weighted by Gasteiger charge is -2.18. The molecule has 2 rings (SSSR count). The standard InChI is InChI=1S/C19H18ClNO3/c1-3-5-6-15(4-2)17-13-24-19(23)21(17)18(22)12-9-14-7-10-16(20)11-8-14/h3-12,17H,2,13H2,1H3/b5-3-,12-9+,15-6+/t17-/m0/s1. The summed E-state index contributed by atoms with van der Waals surface area (Å²) in [5.41, 5.74) is 1.55. The number of hydrogen-bond acceptors (Lipinski definition) is 3. The van der Waals surface area contributed by atoms with Crippen molar-refractivity contribution in [1.82, 2.24) is 4.90 Å². The number of allylic oxidation sites excluding steroid dienone is 3. The molecule has 0 spiro atoms. The lowest BCUT2D eigenvalue weighted by atomic mass is 10.1. The Bertz CT molecular complexity index is 717. The third-order valence-corrected chi connectivity index (χ3v) is 3.75. The van der Waals surface area contributed by atoms with Crippen LogP contribution in [0.25, 0.3) is 6.08 Å². The van der Waals surface area contributed by atoms with E-state index in [1.807, 2.05) is 25.2 Å². The second-order valence-electron chi connectivity index (χ2n) is 5.08. The van der Waals surface area contributed by atoms with Gasteiger partial charge in [0.25, 0.3) is 5.91 Å². The predicted molar refractivity (Wildman–Crippen MR) is 95.6 cm³/mol. The molecule has 0 N–H and O–H groups in total. The van der Waals surface area contributed by atoms with Gasteiger partial charge in [-0.2, -0.15) is 0 Å². The number of rotatable bonds is 5. The van der Waals surface area contributed by atoms with Crippen molar-refractivity contribution in [3.05, 3.63) is 77.4 Å². The Labute approximate surface area is 146 Å². The van der Waals surface area contributed by atoms with E-state index < -0.39 is 18.0 Å². The Morgan fingerprint density at radius 1 is 1.38 bits per heavy atom. The molecule has 5 heteroatoms. The zero-order chi connectivity index (χ0) is 17.5. The third-order valence-electron chi connectivity index (χ3n) is 3.50. The van der Waals surface area contributed by atoms with Crippen molar-refractivity contribution in [3.63, 3.8) is 0 Å². The van der Waals surface area contributed by atoms with Gasteiger partial charge in [0.2, 0.25) is 0 Å². The van der Waals surface area contributed by atoms with Crippen molar-refractivity contribution in [2.24, 2.45) is 0 Å². The maximum atomic E-state index is 12.4. The average molecular weight is 344 g/mol. The first-order valence-electron chi connectivity index (χ1n) is 7.45. The molecule has 1 atom stereocenters. The van der Waals surface area contributed by atoms with Crippen LogP contribution in [0.2, 0.25) is 5.02 Å². The fourth-order valence-electron chi connectivity index (χ4n) is 2.25. The highest BCUT2D eigenvalue weighted by atomic mass is 35.5. The molecule has 124 valence electrons. The minimum absolute atomic E-state index is 0.120. The van der Waals surface area contributed by atoms with Crippen LogP contribution in [0.15, 0.2) is 66.8 Å². The number of cyclic esters (lactones) is 1. The Morgan fingerprint density at radius 3 is 2.71 bits per heavy atom. The minimum atomic E-state index is -0.654. The molecule has 0 radical (unpaired) electrons. The summed E-state index contributed by atoms with van der Waals surface area (Å²) in [5.74, 6) is -0.439. The number of halogens is 1. The molecule has 4 nitrogen and oxygen atoms in total. The van der Waals surface area contributed by atoms with Crippen LogP contribution in [0.4, 0.5) is 4.79 Å². The van der Waals surface area contributed by atoms with E-state index in [9.17, 15) is 9.59 Å². The molecule has 2 amide bonds. The van der Waals surface area contributed by atoms with Crippen LogP contribution < -0.4 is 0 Å². The van der Waals surface area contributed by atoms with Gasteiger partial charge in [-0.15, -0.1) is 0 Å². The van der Waals surface area contributed by atoms with Gasteiger partial charge in [0.15, 0.2) is 0 Å². The van der Waals surface area contributed by atoms with Gasteiger partial charge in [0.05, 0.1) is 0 Å². The summed E-state index contributed by atoms with van der Waals surface area (Å²) in [4.78, 5) is 25.5. The molecule has 0 saturated carbocycles. The molecule has 1 aromatic carbocycles. The molecule has 1 fully saturated rings. The number of nitrogens with zero attached hydrogens (tertiary/aromatic N) is 1. The largest absolute Gasteiger partial charge is 0.446 e. The smallest absolute Gasteiger partial charge is 0.417 e. The highest BCUT2D eigenvalue weighted by molar-refractivity contribution is 6.30. The van der Waals surface area contributed by atoms with E-state index in [1.54, 1.807) is 36.4 Å². The molecule has 0 aliphatic carbocycles.